The van der Waals surface area contributed by atoms with Gasteiger partial charge in [-0.1, -0.05) is 44.2 Å². The Hall–Kier alpha value is -6.24. The van der Waals surface area contributed by atoms with Crippen molar-refractivity contribution >= 4 is 53.2 Å². The summed E-state index contributed by atoms with van der Waals surface area (Å²) in [5, 5.41) is 43.5. The van der Waals surface area contributed by atoms with E-state index in [0.29, 0.717) is 5.56 Å². The number of hydrogen-bond donors (Lipinski definition) is 9. The summed E-state index contributed by atoms with van der Waals surface area (Å²) < 4.78 is 0. The van der Waals surface area contributed by atoms with E-state index in [-0.39, 0.29) is 24.3 Å². The SMILES string of the molecule is CC(=O)N[C@@H](Cc1ccccc1)C(=O)N[C@H](C(=O)N[C@@H](CC(C)C)C(=O)N[C@@H](CC(=O)O)C(=O)N[C@@H](C)C(=O)N[C@@H](CC(=O)O)C(=O)c1cccnc1)[C@H](C)O. The van der Waals surface area contributed by atoms with Gasteiger partial charge in [0, 0.05) is 31.3 Å². The number of nitrogens with one attached hydrogen (secondary N) is 6. The third kappa shape index (κ3) is 15.6. The summed E-state index contributed by atoms with van der Waals surface area (Å²) in [6.07, 6.45) is -0.687. The number of nitrogens with zero attached hydrogens (tertiary/aromatic N) is 1. The summed E-state index contributed by atoms with van der Waals surface area (Å²) in [5.41, 5.74) is 0.712. The Morgan fingerprint density at radius 3 is 1.71 bits per heavy atom. The van der Waals surface area contributed by atoms with E-state index in [0.717, 1.165) is 0 Å². The van der Waals surface area contributed by atoms with Crippen LogP contribution in [0.4, 0.5) is 0 Å². The quantitative estimate of drug-likeness (QED) is 0.0637. The second-order valence-electron chi connectivity index (χ2n) is 13.5. The molecule has 19 nitrogen and oxygen atoms in total. The lowest BCUT2D eigenvalue weighted by molar-refractivity contribution is -0.141. The van der Waals surface area contributed by atoms with Gasteiger partial charge in [0.25, 0.3) is 0 Å². The molecule has 0 aliphatic rings. The van der Waals surface area contributed by atoms with Crippen molar-refractivity contribution in [2.45, 2.75) is 103 Å². The molecule has 0 radical (unpaired) electrons. The van der Waals surface area contributed by atoms with Gasteiger partial charge in [-0.3, -0.25) is 48.1 Å². The number of Topliss-reactive ketones (excluding diaryl/α,β-unsaturated/α-hetero) is 1. The fraction of sp³-hybridized carbons (Fsp3) is 0.459. The van der Waals surface area contributed by atoms with Gasteiger partial charge in [-0.25, -0.2) is 0 Å². The van der Waals surface area contributed by atoms with E-state index in [1.54, 1.807) is 44.2 Å². The summed E-state index contributed by atoms with van der Waals surface area (Å²) in [7, 11) is 0. The molecule has 1 aromatic carbocycles. The molecular formula is C37H49N7O12. The lowest BCUT2D eigenvalue weighted by Gasteiger charge is -2.28. The summed E-state index contributed by atoms with van der Waals surface area (Å²) in [6.45, 7) is 7.02. The van der Waals surface area contributed by atoms with Crippen molar-refractivity contribution in [3.63, 3.8) is 0 Å². The highest BCUT2D eigenvalue weighted by Gasteiger charge is 2.35. The number of rotatable bonds is 22. The third-order valence-electron chi connectivity index (χ3n) is 8.10. The lowest BCUT2D eigenvalue weighted by atomic mass is 10.0. The maximum atomic E-state index is 13.6. The van der Waals surface area contributed by atoms with Crippen LogP contribution in [0, 0.1) is 5.92 Å². The van der Waals surface area contributed by atoms with Crippen LogP contribution in [0.15, 0.2) is 54.9 Å². The van der Waals surface area contributed by atoms with Crippen molar-refractivity contribution in [2.75, 3.05) is 0 Å². The van der Waals surface area contributed by atoms with E-state index >= 15 is 0 Å². The van der Waals surface area contributed by atoms with Crippen LogP contribution >= 0.6 is 0 Å². The van der Waals surface area contributed by atoms with Gasteiger partial charge in [-0.15, -0.1) is 0 Å². The number of carboxylic acid groups (broad SMARTS) is 2. The summed E-state index contributed by atoms with van der Waals surface area (Å²) in [5.74, 6) is -9.42. The first-order chi connectivity index (χ1) is 26.3. The van der Waals surface area contributed by atoms with E-state index in [1.807, 2.05) is 0 Å². The zero-order valence-corrected chi connectivity index (χ0v) is 31.6. The highest BCUT2D eigenvalue weighted by atomic mass is 16.4. The van der Waals surface area contributed by atoms with Gasteiger partial charge in [-0.05, 0) is 43.9 Å². The molecule has 0 saturated carbocycles. The second-order valence-corrected chi connectivity index (χ2v) is 13.5. The number of aliphatic hydroxyl groups excluding tert-OH is 1. The summed E-state index contributed by atoms with van der Waals surface area (Å²) >= 11 is 0. The maximum Gasteiger partial charge on any atom is 0.305 e. The van der Waals surface area contributed by atoms with Crippen molar-refractivity contribution in [1.82, 2.24) is 36.9 Å². The van der Waals surface area contributed by atoms with E-state index < -0.39 is 108 Å². The highest BCUT2D eigenvalue weighted by Crippen LogP contribution is 2.10. The van der Waals surface area contributed by atoms with Gasteiger partial charge in [0.05, 0.1) is 18.9 Å². The predicted octanol–water partition coefficient (Wildman–Crippen LogP) is -1.17. The number of pyridine rings is 1. The van der Waals surface area contributed by atoms with Crippen molar-refractivity contribution in [1.29, 1.82) is 0 Å². The van der Waals surface area contributed by atoms with Crippen LogP contribution in [0.3, 0.4) is 0 Å². The minimum absolute atomic E-state index is 0.0161. The molecule has 1 aromatic heterocycles. The minimum Gasteiger partial charge on any atom is -0.481 e. The second kappa shape index (κ2) is 22.2. The van der Waals surface area contributed by atoms with Gasteiger partial charge in [0.1, 0.15) is 36.3 Å². The number of aromatic nitrogens is 1. The largest absolute Gasteiger partial charge is 0.481 e. The zero-order valence-electron chi connectivity index (χ0n) is 31.6. The van der Waals surface area contributed by atoms with Crippen molar-refractivity contribution in [3.05, 3.63) is 66.0 Å². The first-order valence-corrected chi connectivity index (χ1v) is 17.7. The highest BCUT2D eigenvalue weighted by molar-refractivity contribution is 6.04. The lowest BCUT2D eigenvalue weighted by Crippen LogP contribution is -2.61. The molecular weight excluding hydrogens is 734 g/mol. The third-order valence-corrected chi connectivity index (χ3v) is 8.10. The molecule has 0 saturated heterocycles. The van der Waals surface area contributed by atoms with Gasteiger partial charge in [-0.2, -0.15) is 0 Å². The number of ketones is 1. The molecule has 0 fully saturated rings. The van der Waals surface area contributed by atoms with Crippen LogP contribution in [-0.4, -0.2) is 116 Å². The van der Waals surface area contributed by atoms with E-state index in [4.69, 9.17) is 0 Å². The summed E-state index contributed by atoms with van der Waals surface area (Å²) in [6, 6.07) is 2.53. The molecule has 0 bridgehead atoms. The van der Waals surface area contributed by atoms with Crippen LogP contribution in [0.1, 0.15) is 69.8 Å². The Morgan fingerprint density at radius 2 is 1.18 bits per heavy atom. The van der Waals surface area contributed by atoms with Gasteiger partial charge >= 0.3 is 11.9 Å². The molecule has 6 amide bonds. The van der Waals surface area contributed by atoms with Crippen LogP contribution < -0.4 is 31.9 Å². The standard InChI is InChI=1S/C37H49N7O12/c1-19(2)14-26(43-37(56)31(21(4)45)44-36(55)27(40-22(5)46)15-23-10-7-6-8-11-23)35(54)42-28(17-30(49)50)34(53)39-20(3)33(52)41-25(16-29(47)48)32(51)24-12-9-13-38-18-24/h6-13,18-21,25-28,31,45H,14-17H2,1-5H3,(H,39,53)(H,40,46)(H,41,52)(H,42,54)(H,43,56)(H,44,55)(H,47,48)(H,49,50)/t20-,21-,25-,26-,27-,28-,31-/m0/s1. The number of benzene rings is 1. The normalized spacial score (nSPS) is 14.6. The molecule has 0 spiro atoms. The topological polar surface area (TPSA) is 299 Å². The molecule has 0 aliphatic carbocycles. The van der Waals surface area contributed by atoms with Crippen LogP contribution in [0.2, 0.25) is 0 Å². The molecule has 2 rings (SSSR count). The Morgan fingerprint density at radius 1 is 0.625 bits per heavy atom. The number of aliphatic hydroxyl groups is 1. The first-order valence-electron chi connectivity index (χ1n) is 17.7. The minimum atomic E-state index is -1.79. The average molecular weight is 784 g/mol. The van der Waals surface area contributed by atoms with Crippen LogP contribution in [0.25, 0.3) is 0 Å². The van der Waals surface area contributed by atoms with Gasteiger partial charge < -0.3 is 47.2 Å². The van der Waals surface area contributed by atoms with Crippen molar-refractivity contribution in [3.8, 4) is 0 Å². The summed E-state index contributed by atoms with van der Waals surface area (Å²) in [4.78, 5) is 118. The smallest absolute Gasteiger partial charge is 0.305 e. The molecule has 9 N–H and O–H groups in total. The molecule has 19 heteroatoms. The number of amides is 6. The monoisotopic (exact) mass is 783 g/mol. The van der Waals surface area contributed by atoms with Gasteiger partial charge in [0.2, 0.25) is 35.4 Å². The number of carboxylic acids is 2. The molecule has 0 unspecified atom stereocenters. The molecule has 0 aliphatic heterocycles. The van der Waals surface area contributed by atoms with Crippen LogP contribution in [-0.2, 0) is 44.8 Å². The molecule has 304 valence electrons. The zero-order chi connectivity index (χ0) is 42.1. The van der Waals surface area contributed by atoms with Crippen molar-refractivity contribution < 1.29 is 58.5 Å². The number of hydrogen-bond acceptors (Lipinski definition) is 11. The average Bonchev–Trinajstić information content (AvgIpc) is 3.12. The predicted molar refractivity (Wildman–Crippen MR) is 197 cm³/mol. The molecule has 56 heavy (non-hydrogen) atoms. The van der Waals surface area contributed by atoms with Gasteiger partial charge in [0.15, 0.2) is 5.78 Å². The van der Waals surface area contributed by atoms with Crippen LogP contribution in [0.5, 0.6) is 0 Å². The van der Waals surface area contributed by atoms with E-state index in [1.165, 1.54) is 45.3 Å². The maximum absolute atomic E-state index is 13.6. The van der Waals surface area contributed by atoms with Crippen molar-refractivity contribution in [2.24, 2.45) is 5.92 Å². The fourth-order valence-electron chi connectivity index (χ4n) is 5.35. The Balaban J connectivity index is 2.21. The number of carbonyl (C=O) groups excluding carboxylic acids is 7. The van der Waals surface area contributed by atoms with E-state index in [2.05, 4.69) is 36.9 Å². The number of carbonyl (C=O) groups is 9. The molecule has 1 heterocycles. The Kier molecular flexibility index (Phi) is 18.2. The molecule has 7 atom stereocenters. The molecule has 2 aromatic rings. The first kappa shape index (κ1) is 45.9. The Labute approximate surface area is 322 Å². The number of aliphatic carboxylic acids is 2. The van der Waals surface area contributed by atoms with E-state index in [9.17, 15) is 58.5 Å². The fourth-order valence-corrected chi connectivity index (χ4v) is 5.35. The Bertz CT molecular complexity index is 1720.